The Labute approximate surface area is 175 Å². The maximum atomic E-state index is 13.0. The first-order valence-electron chi connectivity index (χ1n) is 9.54. The van der Waals surface area contributed by atoms with E-state index in [1.54, 1.807) is 52.0 Å². The fourth-order valence-electron chi connectivity index (χ4n) is 3.15. The number of esters is 1. The minimum Gasteiger partial charge on any atom is -0.497 e. The highest BCUT2D eigenvalue weighted by Gasteiger charge is 2.58. The molecule has 0 aromatic heterocycles. The van der Waals surface area contributed by atoms with E-state index in [0.717, 1.165) is 4.90 Å². The zero-order chi connectivity index (χ0) is 22.9. The summed E-state index contributed by atoms with van der Waals surface area (Å²) < 4.78 is 21.5. The monoisotopic (exact) mass is 423 g/mol. The van der Waals surface area contributed by atoms with Crippen LogP contribution in [0.15, 0.2) is 24.3 Å². The number of benzene rings is 1. The van der Waals surface area contributed by atoms with Gasteiger partial charge in [0.05, 0.1) is 7.11 Å². The van der Waals surface area contributed by atoms with E-state index in [9.17, 15) is 19.5 Å². The smallest absolute Gasteiger partial charge is 0.413 e. The minimum atomic E-state index is -1.59. The van der Waals surface area contributed by atoms with Crippen molar-refractivity contribution in [2.75, 3.05) is 7.11 Å². The minimum absolute atomic E-state index is 0.644. The molecule has 1 aliphatic heterocycles. The van der Waals surface area contributed by atoms with Crippen LogP contribution in [0.2, 0.25) is 0 Å². The van der Waals surface area contributed by atoms with Gasteiger partial charge in [0, 0.05) is 0 Å². The number of amides is 1. The first-order valence-corrected chi connectivity index (χ1v) is 9.54. The Morgan fingerprint density at radius 2 is 1.73 bits per heavy atom. The quantitative estimate of drug-likeness (QED) is 0.719. The Morgan fingerprint density at radius 1 is 1.17 bits per heavy atom. The van der Waals surface area contributed by atoms with Crippen LogP contribution >= 0.6 is 0 Å². The fourth-order valence-corrected chi connectivity index (χ4v) is 3.15. The van der Waals surface area contributed by atoms with Crippen LogP contribution < -0.4 is 4.74 Å². The van der Waals surface area contributed by atoms with Crippen LogP contribution in [0.4, 0.5) is 4.79 Å². The van der Waals surface area contributed by atoms with Crippen LogP contribution in [-0.4, -0.2) is 58.6 Å². The van der Waals surface area contributed by atoms with E-state index < -0.39 is 47.6 Å². The summed E-state index contributed by atoms with van der Waals surface area (Å²) in [5.41, 5.74) is -1.56. The third-order valence-corrected chi connectivity index (χ3v) is 4.51. The van der Waals surface area contributed by atoms with Crippen LogP contribution in [0, 0.1) is 0 Å². The molecular weight excluding hydrogens is 394 g/mol. The molecule has 30 heavy (non-hydrogen) atoms. The van der Waals surface area contributed by atoms with E-state index in [-0.39, 0.29) is 0 Å². The lowest BCUT2D eigenvalue weighted by atomic mass is 10.1. The van der Waals surface area contributed by atoms with E-state index in [0.29, 0.717) is 11.3 Å². The molecule has 1 fully saturated rings. The summed E-state index contributed by atoms with van der Waals surface area (Å²) in [6.45, 7) is 9.64. The first-order chi connectivity index (χ1) is 13.8. The predicted molar refractivity (Wildman–Crippen MR) is 106 cm³/mol. The van der Waals surface area contributed by atoms with Crippen molar-refractivity contribution in [3.8, 4) is 5.75 Å². The van der Waals surface area contributed by atoms with Gasteiger partial charge in [0.15, 0.2) is 12.1 Å². The lowest BCUT2D eigenvalue weighted by Crippen LogP contribution is -2.54. The third kappa shape index (κ3) is 5.21. The Kier molecular flexibility index (Phi) is 6.66. The molecule has 0 spiro atoms. The average Bonchev–Trinajstić information content (AvgIpc) is 2.92. The highest BCUT2D eigenvalue weighted by atomic mass is 16.6. The van der Waals surface area contributed by atoms with Gasteiger partial charge in [-0.1, -0.05) is 12.1 Å². The Morgan fingerprint density at radius 3 is 2.20 bits per heavy atom. The summed E-state index contributed by atoms with van der Waals surface area (Å²) in [5, 5.41) is 9.58. The lowest BCUT2D eigenvalue weighted by Gasteiger charge is -2.34. The summed E-state index contributed by atoms with van der Waals surface area (Å²) in [5.74, 6) is -1.64. The second kappa shape index (κ2) is 8.51. The fraction of sp³-hybridized carbons (Fsp3) is 0.571. The molecule has 9 heteroatoms. The Bertz CT molecular complexity index is 796. The van der Waals surface area contributed by atoms with Crippen LogP contribution in [-0.2, 0) is 23.8 Å². The summed E-state index contributed by atoms with van der Waals surface area (Å²) in [6, 6.07) is 5.38. The second-order valence-electron chi connectivity index (χ2n) is 8.47. The van der Waals surface area contributed by atoms with Crippen molar-refractivity contribution in [2.24, 2.45) is 0 Å². The van der Waals surface area contributed by atoms with Crippen LogP contribution in [0.25, 0.3) is 0 Å². The molecule has 0 bridgehead atoms. The number of carboxylic acids is 1. The molecule has 1 aliphatic rings. The van der Waals surface area contributed by atoms with Gasteiger partial charge in [-0.05, 0) is 59.2 Å². The van der Waals surface area contributed by atoms with Gasteiger partial charge >= 0.3 is 18.0 Å². The highest BCUT2D eigenvalue weighted by Crippen LogP contribution is 2.35. The summed E-state index contributed by atoms with van der Waals surface area (Å²) >= 11 is 0. The van der Waals surface area contributed by atoms with Crippen LogP contribution in [0.5, 0.6) is 5.75 Å². The molecular formula is C21H29NO8. The molecule has 2 rings (SSSR count). The van der Waals surface area contributed by atoms with Crippen molar-refractivity contribution in [1.29, 1.82) is 0 Å². The van der Waals surface area contributed by atoms with Gasteiger partial charge in [-0.15, -0.1) is 0 Å². The van der Waals surface area contributed by atoms with Gasteiger partial charge < -0.3 is 24.1 Å². The zero-order valence-electron chi connectivity index (χ0n) is 18.3. The van der Waals surface area contributed by atoms with Gasteiger partial charge in [-0.25, -0.2) is 14.4 Å². The molecule has 1 N–H and O–H groups in total. The zero-order valence-corrected chi connectivity index (χ0v) is 18.3. The number of aliphatic carboxylic acids is 1. The maximum Gasteiger partial charge on any atom is 0.413 e. The standard InChI is InChI=1S/C21H29NO8/c1-12(13-8-10-14(27-7)11-9-13)28-18(25)15-16(17(23)24)29-21(5,6)22(15)19(26)30-20(2,3)4/h8-12,15-16H,1-7H3,(H,23,24)/t12?,15-,16+/m0/s1. The maximum absolute atomic E-state index is 13.0. The number of nitrogens with zero attached hydrogens (tertiary/aromatic N) is 1. The van der Waals surface area contributed by atoms with Crippen molar-refractivity contribution >= 4 is 18.0 Å². The summed E-state index contributed by atoms with van der Waals surface area (Å²) in [7, 11) is 1.54. The molecule has 0 aliphatic carbocycles. The molecule has 1 saturated heterocycles. The van der Waals surface area contributed by atoms with Crippen LogP contribution in [0.3, 0.4) is 0 Å². The van der Waals surface area contributed by atoms with Gasteiger partial charge in [0.1, 0.15) is 23.2 Å². The number of carbonyl (C=O) groups is 3. The molecule has 0 saturated carbocycles. The number of carbonyl (C=O) groups excluding carboxylic acids is 2. The SMILES string of the molecule is COc1ccc(C(C)OC(=O)[C@@H]2[C@H](C(=O)O)OC(C)(C)N2C(=O)OC(C)(C)C)cc1. The summed E-state index contributed by atoms with van der Waals surface area (Å²) in [4.78, 5) is 38.5. The number of hydrogen-bond donors (Lipinski definition) is 1. The molecule has 1 aromatic rings. The van der Waals surface area contributed by atoms with E-state index in [4.69, 9.17) is 18.9 Å². The van der Waals surface area contributed by atoms with E-state index >= 15 is 0 Å². The number of carboxylic acid groups (broad SMARTS) is 1. The van der Waals surface area contributed by atoms with Crippen molar-refractivity contribution in [1.82, 2.24) is 4.90 Å². The molecule has 1 aromatic carbocycles. The van der Waals surface area contributed by atoms with Crippen molar-refractivity contribution in [3.05, 3.63) is 29.8 Å². The molecule has 1 heterocycles. The molecule has 9 nitrogen and oxygen atoms in total. The van der Waals surface area contributed by atoms with Crippen molar-refractivity contribution < 1.29 is 38.4 Å². The van der Waals surface area contributed by atoms with E-state index in [1.165, 1.54) is 21.0 Å². The molecule has 1 unspecified atom stereocenters. The Balaban J connectivity index is 2.30. The highest BCUT2D eigenvalue weighted by molar-refractivity contribution is 5.90. The molecule has 3 atom stereocenters. The van der Waals surface area contributed by atoms with Crippen molar-refractivity contribution in [3.63, 3.8) is 0 Å². The molecule has 166 valence electrons. The number of rotatable bonds is 5. The third-order valence-electron chi connectivity index (χ3n) is 4.51. The van der Waals surface area contributed by atoms with Crippen molar-refractivity contribution in [2.45, 2.75) is 71.1 Å². The van der Waals surface area contributed by atoms with Crippen LogP contribution in [0.1, 0.15) is 53.2 Å². The number of methoxy groups -OCH3 is 1. The molecule has 1 amide bonds. The topological polar surface area (TPSA) is 112 Å². The lowest BCUT2D eigenvalue weighted by molar-refractivity contribution is -0.161. The van der Waals surface area contributed by atoms with Gasteiger partial charge in [-0.3, -0.25) is 4.90 Å². The van der Waals surface area contributed by atoms with E-state index in [2.05, 4.69) is 0 Å². The largest absolute Gasteiger partial charge is 0.497 e. The van der Waals surface area contributed by atoms with E-state index in [1.807, 2.05) is 0 Å². The van der Waals surface area contributed by atoms with Gasteiger partial charge in [0.25, 0.3) is 0 Å². The van der Waals surface area contributed by atoms with Gasteiger partial charge in [-0.2, -0.15) is 0 Å². The Hall–Kier alpha value is -2.81. The number of ether oxygens (including phenoxy) is 4. The summed E-state index contributed by atoms with van der Waals surface area (Å²) in [6.07, 6.45) is -3.15. The average molecular weight is 423 g/mol. The van der Waals surface area contributed by atoms with Gasteiger partial charge in [0.2, 0.25) is 0 Å². The second-order valence-corrected chi connectivity index (χ2v) is 8.47. The predicted octanol–water partition coefficient (Wildman–Crippen LogP) is 3.12. The first kappa shape index (κ1) is 23.5. The molecule has 0 radical (unpaired) electrons. The number of hydrogen-bond acceptors (Lipinski definition) is 7. The normalized spacial score (nSPS) is 21.6.